The Morgan fingerprint density at radius 2 is 1.84 bits per heavy atom. The molecule has 0 aliphatic heterocycles. The van der Waals surface area contributed by atoms with Crippen LogP contribution in [0.4, 0.5) is 0 Å². The molecule has 0 saturated carbocycles. The Bertz CT molecular complexity index is 604. The molecule has 0 bridgehead atoms. The van der Waals surface area contributed by atoms with Gasteiger partial charge in [0.15, 0.2) is 0 Å². The van der Waals surface area contributed by atoms with Gasteiger partial charge in [0.1, 0.15) is 0 Å². The average Bonchev–Trinajstić information content (AvgIpc) is 2.43. The van der Waals surface area contributed by atoms with Crippen LogP contribution in [-0.4, -0.2) is 5.71 Å². The summed E-state index contributed by atoms with van der Waals surface area (Å²) < 4.78 is 1.14. The number of rotatable bonds is 2. The van der Waals surface area contributed by atoms with Crippen molar-refractivity contribution in [2.45, 2.75) is 25.2 Å². The smallest absolute Gasteiger partial charge is 0.0259 e. The van der Waals surface area contributed by atoms with Gasteiger partial charge in [-0.2, -0.15) is 0 Å². The number of hydrogen-bond donors (Lipinski definition) is 1. The van der Waals surface area contributed by atoms with Gasteiger partial charge in [0.25, 0.3) is 0 Å². The lowest BCUT2D eigenvalue weighted by Crippen LogP contribution is -2.21. The highest BCUT2D eigenvalue weighted by molar-refractivity contribution is 9.10. The van der Waals surface area contributed by atoms with E-state index in [1.54, 1.807) is 0 Å². The Hall–Kier alpha value is -1.41. The number of benzene rings is 2. The molecule has 0 fully saturated rings. The molecule has 2 heteroatoms. The monoisotopic (exact) mass is 313 g/mol. The molecule has 0 radical (unpaired) electrons. The lowest BCUT2D eigenvalue weighted by atomic mass is 9.78. The van der Waals surface area contributed by atoms with Gasteiger partial charge in [-0.15, -0.1) is 0 Å². The SMILES string of the molecule is N=C1CCc2cc(Br)ccc2C1Cc1ccccc1. The maximum absolute atomic E-state index is 8.27. The lowest BCUT2D eigenvalue weighted by Gasteiger charge is -2.27. The highest BCUT2D eigenvalue weighted by Gasteiger charge is 2.24. The van der Waals surface area contributed by atoms with E-state index in [0.29, 0.717) is 0 Å². The van der Waals surface area contributed by atoms with Crippen LogP contribution in [0.15, 0.2) is 53.0 Å². The molecule has 0 amide bonds. The van der Waals surface area contributed by atoms with Crippen LogP contribution in [0.1, 0.15) is 29.0 Å². The van der Waals surface area contributed by atoms with Crippen molar-refractivity contribution in [3.63, 3.8) is 0 Å². The molecule has 1 aliphatic rings. The number of nitrogens with one attached hydrogen (secondary N) is 1. The molecule has 1 nitrogen and oxygen atoms in total. The van der Waals surface area contributed by atoms with Crippen molar-refractivity contribution in [1.29, 1.82) is 5.41 Å². The van der Waals surface area contributed by atoms with Crippen LogP contribution in [0, 0.1) is 5.41 Å². The van der Waals surface area contributed by atoms with Gasteiger partial charge in [0, 0.05) is 16.1 Å². The molecule has 0 spiro atoms. The third kappa shape index (κ3) is 2.64. The van der Waals surface area contributed by atoms with Crippen LogP contribution < -0.4 is 0 Å². The molecule has 1 atom stereocenters. The second-order valence-electron chi connectivity index (χ2n) is 5.11. The molecule has 1 unspecified atom stereocenters. The van der Waals surface area contributed by atoms with Crippen LogP contribution in [0.2, 0.25) is 0 Å². The van der Waals surface area contributed by atoms with Crippen LogP contribution in [-0.2, 0) is 12.8 Å². The van der Waals surface area contributed by atoms with Gasteiger partial charge >= 0.3 is 0 Å². The molecule has 0 aromatic heterocycles. The highest BCUT2D eigenvalue weighted by atomic mass is 79.9. The molecular weight excluding hydrogens is 298 g/mol. The van der Waals surface area contributed by atoms with E-state index in [1.165, 1.54) is 16.7 Å². The van der Waals surface area contributed by atoms with E-state index in [9.17, 15) is 0 Å². The van der Waals surface area contributed by atoms with Gasteiger partial charge in [-0.25, -0.2) is 0 Å². The Balaban J connectivity index is 1.95. The molecule has 0 saturated heterocycles. The van der Waals surface area contributed by atoms with Crippen molar-refractivity contribution >= 4 is 21.6 Å². The fourth-order valence-corrected chi connectivity index (χ4v) is 3.25. The van der Waals surface area contributed by atoms with E-state index >= 15 is 0 Å². The standard InChI is InChI=1S/C17H16BrN/c18-14-7-8-15-13(11-14)6-9-17(19)16(15)10-12-4-2-1-3-5-12/h1-5,7-8,11,16,19H,6,9-10H2. The second kappa shape index (κ2) is 5.30. The Morgan fingerprint density at radius 3 is 2.63 bits per heavy atom. The lowest BCUT2D eigenvalue weighted by molar-refractivity contribution is 0.781. The van der Waals surface area contributed by atoms with Gasteiger partial charge in [-0.1, -0.05) is 52.3 Å². The zero-order valence-electron chi connectivity index (χ0n) is 10.7. The fourth-order valence-electron chi connectivity index (χ4n) is 2.84. The van der Waals surface area contributed by atoms with E-state index in [4.69, 9.17) is 5.41 Å². The predicted octanol–water partition coefficient (Wildman–Crippen LogP) is 4.74. The topological polar surface area (TPSA) is 23.9 Å². The summed E-state index contributed by atoms with van der Waals surface area (Å²) in [6.45, 7) is 0. The van der Waals surface area contributed by atoms with Crippen LogP contribution in [0.5, 0.6) is 0 Å². The first-order valence-electron chi connectivity index (χ1n) is 6.63. The number of halogens is 1. The first-order chi connectivity index (χ1) is 9.24. The van der Waals surface area contributed by atoms with E-state index < -0.39 is 0 Å². The summed E-state index contributed by atoms with van der Waals surface area (Å²) in [6, 6.07) is 17.0. The first-order valence-corrected chi connectivity index (χ1v) is 7.43. The maximum atomic E-state index is 8.27. The van der Waals surface area contributed by atoms with E-state index in [1.807, 2.05) is 6.07 Å². The molecule has 2 aromatic carbocycles. The summed E-state index contributed by atoms with van der Waals surface area (Å²) in [4.78, 5) is 0. The molecular formula is C17H16BrN. The minimum atomic E-state index is 0.249. The van der Waals surface area contributed by atoms with E-state index in [-0.39, 0.29) is 5.92 Å². The largest absolute Gasteiger partial charge is 0.309 e. The van der Waals surface area contributed by atoms with Gasteiger partial charge < -0.3 is 5.41 Å². The highest BCUT2D eigenvalue weighted by Crippen LogP contribution is 2.33. The Kier molecular flexibility index (Phi) is 3.52. The van der Waals surface area contributed by atoms with Crippen molar-refractivity contribution in [3.8, 4) is 0 Å². The molecule has 2 aromatic rings. The van der Waals surface area contributed by atoms with Crippen molar-refractivity contribution < 1.29 is 0 Å². The van der Waals surface area contributed by atoms with Gasteiger partial charge in [-0.3, -0.25) is 0 Å². The van der Waals surface area contributed by atoms with Gasteiger partial charge in [-0.05, 0) is 48.1 Å². The van der Waals surface area contributed by atoms with Gasteiger partial charge in [0.2, 0.25) is 0 Å². The summed E-state index contributed by atoms with van der Waals surface area (Å²) in [5, 5.41) is 8.27. The Morgan fingerprint density at radius 1 is 1.05 bits per heavy atom. The summed E-state index contributed by atoms with van der Waals surface area (Å²) in [7, 11) is 0. The molecule has 1 aliphatic carbocycles. The summed E-state index contributed by atoms with van der Waals surface area (Å²) in [5.74, 6) is 0.249. The third-order valence-electron chi connectivity index (χ3n) is 3.85. The molecule has 1 N–H and O–H groups in total. The quantitative estimate of drug-likeness (QED) is 0.828. The van der Waals surface area contributed by atoms with Crippen molar-refractivity contribution in [1.82, 2.24) is 0 Å². The van der Waals surface area contributed by atoms with E-state index in [0.717, 1.165) is 29.4 Å². The van der Waals surface area contributed by atoms with Crippen LogP contribution >= 0.6 is 15.9 Å². The van der Waals surface area contributed by atoms with Crippen LogP contribution in [0.3, 0.4) is 0 Å². The zero-order chi connectivity index (χ0) is 13.2. The summed E-state index contributed by atoms with van der Waals surface area (Å²) in [6.07, 6.45) is 2.83. The second-order valence-corrected chi connectivity index (χ2v) is 6.03. The third-order valence-corrected chi connectivity index (χ3v) is 4.34. The number of fused-ring (bicyclic) bond motifs is 1. The van der Waals surface area contributed by atoms with E-state index in [2.05, 4.69) is 58.4 Å². The molecule has 3 rings (SSSR count). The molecule has 96 valence electrons. The van der Waals surface area contributed by atoms with Gasteiger partial charge in [0.05, 0.1) is 0 Å². The minimum absolute atomic E-state index is 0.249. The number of aryl methyl sites for hydroxylation is 1. The zero-order valence-corrected chi connectivity index (χ0v) is 12.3. The fraction of sp³-hybridized carbons (Fsp3) is 0.235. The Labute approximate surface area is 122 Å². The summed E-state index contributed by atoms with van der Waals surface area (Å²) in [5.41, 5.74) is 4.92. The minimum Gasteiger partial charge on any atom is -0.309 e. The maximum Gasteiger partial charge on any atom is 0.0259 e. The summed E-state index contributed by atoms with van der Waals surface area (Å²) >= 11 is 3.54. The number of hydrogen-bond acceptors (Lipinski definition) is 1. The van der Waals surface area contributed by atoms with Crippen molar-refractivity contribution in [3.05, 3.63) is 69.7 Å². The molecule has 0 heterocycles. The van der Waals surface area contributed by atoms with Crippen molar-refractivity contribution in [2.75, 3.05) is 0 Å². The van der Waals surface area contributed by atoms with Crippen LogP contribution in [0.25, 0.3) is 0 Å². The first kappa shape index (κ1) is 12.6. The van der Waals surface area contributed by atoms with Crippen molar-refractivity contribution in [2.24, 2.45) is 0 Å². The normalized spacial score (nSPS) is 18.2. The molecule has 19 heavy (non-hydrogen) atoms. The average molecular weight is 314 g/mol. The predicted molar refractivity (Wildman–Crippen MR) is 83.1 cm³/mol.